The monoisotopic (exact) mass is 223 g/mol. The van der Waals surface area contributed by atoms with Gasteiger partial charge in [0.2, 0.25) is 5.91 Å². The largest absolute Gasteiger partial charge is 0.355 e. The minimum Gasteiger partial charge on any atom is -0.355 e. The maximum absolute atomic E-state index is 11.5. The summed E-state index contributed by atoms with van der Waals surface area (Å²) in [5.74, 6) is 0.684. The molecule has 1 saturated heterocycles. The van der Waals surface area contributed by atoms with E-state index in [1.54, 1.807) is 0 Å². The van der Waals surface area contributed by atoms with Gasteiger partial charge in [0.1, 0.15) is 0 Å². The van der Waals surface area contributed by atoms with Gasteiger partial charge in [0.05, 0.1) is 12.0 Å². The van der Waals surface area contributed by atoms with Crippen LogP contribution in [0.5, 0.6) is 0 Å². The van der Waals surface area contributed by atoms with Crippen LogP contribution in [0.25, 0.3) is 0 Å². The van der Waals surface area contributed by atoms with Crippen molar-refractivity contribution >= 4 is 5.91 Å². The normalized spacial score (nSPS) is 18.8. The van der Waals surface area contributed by atoms with Crippen molar-refractivity contribution in [2.45, 2.75) is 32.6 Å². The molecule has 0 spiro atoms. The first kappa shape index (κ1) is 13.0. The van der Waals surface area contributed by atoms with Gasteiger partial charge in [-0.1, -0.05) is 0 Å². The first-order chi connectivity index (χ1) is 7.72. The summed E-state index contributed by atoms with van der Waals surface area (Å²) >= 11 is 0. The number of carbonyl (C=O) groups is 1. The van der Waals surface area contributed by atoms with Gasteiger partial charge in [-0.3, -0.25) is 4.79 Å². The number of nitrogens with one attached hydrogen (secondary N) is 2. The number of rotatable bonds is 5. The second kappa shape index (κ2) is 7.24. The summed E-state index contributed by atoms with van der Waals surface area (Å²) in [6.07, 6.45) is 3.95. The van der Waals surface area contributed by atoms with Gasteiger partial charge in [0.15, 0.2) is 0 Å². The van der Waals surface area contributed by atoms with E-state index in [9.17, 15) is 4.79 Å². The van der Waals surface area contributed by atoms with Crippen LogP contribution in [0.15, 0.2) is 0 Å². The van der Waals surface area contributed by atoms with E-state index in [0.29, 0.717) is 18.9 Å². The molecule has 4 nitrogen and oxygen atoms in total. The van der Waals surface area contributed by atoms with Gasteiger partial charge < -0.3 is 10.6 Å². The third kappa shape index (κ3) is 5.13. The Morgan fingerprint density at radius 3 is 2.88 bits per heavy atom. The van der Waals surface area contributed by atoms with Crippen molar-refractivity contribution in [3.63, 3.8) is 0 Å². The summed E-state index contributed by atoms with van der Waals surface area (Å²) < 4.78 is 0. The molecule has 0 aromatic carbocycles. The highest BCUT2D eigenvalue weighted by Gasteiger charge is 2.14. The number of nitrogens with zero attached hydrogens (tertiary/aromatic N) is 1. The lowest BCUT2D eigenvalue weighted by Crippen LogP contribution is -2.30. The first-order valence-electron chi connectivity index (χ1n) is 6.09. The fourth-order valence-corrected chi connectivity index (χ4v) is 1.91. The van der Waals surface area contributed by atoms with Crippen molar-refractivity contribution in [1.82, 2.24) is 10.6 Å². The molecule has 4 heteroatoms. The number of hydrogen-bond donors (Lipinski definition) is 2. The fraction of sp³-hybridized carbons (Fsp3) is 0.833. The molecule has 2 N–H and O–H groups in total. The summed E-state index contributed by atoms with van der Waals surface area (Å²) in [5.41, 5.74) is 0. The van der Waals surface area contributed by atoms with Crippen LogP contribution in [0, 0.1) is 23.2 Å². The Bertz CT molecular complexity index is 253. The van der Waals surface area contributed by atoms with E-state index in [1.807, 2.05) is 6.92 Å². The van der Waals surface area contributed by atoms with Gasteiger partial charge in [-0.25, -0.2) is 0 Å². The van der Waals surface area contributed by atoms with Gasteiger partial charge in [0, 0.05) is 13.0 Å². The number of nitriles is 1. The summed E-state index contributed by atoms with van der Waals surface area (Å²) in [4.78, 5) is 11.5. The zero-order valence-corrected chi connectivity index (χ0v) is 9.96. The molecule has 1 atom stereocenters. The van der Waals surface area contributed by atoms with Crippen LogP contribution in [0.4, 0.5) is 0 Å². The van der Waals surface area contributed by atoms with Crippen LogP contribution >= 0.6 is 0 Å². The number of amides is 1. The third-order valence-corrected chi connectivity index (χ3v) is 3.06. The average Bonchev–Trinajstić information content (AvgIpc) is 2.34. The Labute approximate surface area is 97.4 Å². The van der Waals surface area contributed by atoms with E-state index in [2.05, 4.69) is 16.7 Å². The summed E-state index contributed by atoms with van der Waals surface area (Å²) in [7, 11) is 0. The van der Waals surface area contributed by atoms with Crippen molar-refractivity contribution in [3.05, 3.63) is 0 Å². The Morgan fingerprint density at radius 1 is 1.56 bits per heavy atom. The Hall–Kier alpha value is -1.08. The molecule has 1 unspecified atom stereocenters. The van der Waals surface area contributed by atoms with Gasteiger partial charge >= 0.3 is 0 Å². The number of hydrogen-bond acceptors (Lipinski definition) is 3. The number of carbonyl (C=O) groups excluding carboxylic acids is 1. The standard InChI is InChI=1S/C12H21N3O/c1-10(8-13)9-15-12(16)3-2-11-4-6-14-7-5-11/h10-11,14H,2-7,9H2,1H3,(H,15,16). The lowest BCUT2D eigenvalue weighted by Gasteiger charge is -2.22. The molecule has 0 aromatic heterocycles. The summed E-state index contributed by atoms with van der Waals surface area (Å²) in [6, 6.07) is 2.10. The quantitative estimate of drug-likeness (QED) is 0.732. The molecular formula is C12H21N3O. The molecule has 16 heavy (non-hydrogen) atoms. The van der Waals surface area contributed by atoms with E-state index in [0.717, 1.165) is 19.5 Å². The van der Waals surface area contributed by atoms with Crippen LogP contribution in [-0.4, -0.2) is 25.5 Å². The maximum atomic E-state index is 11.5. The van der Waals surface area contributed by atoms with Crippen LogP contribution in [-0.2, 0) is 4.79 Å². The molecule has 0 aliphatic carbocycles. The Balaban J connectivity index is 2.07. The lowest BCUT2D eigenvalue weighted by molar-refractivity contribution is -0.121. The maximum Gasteiger partial charge on any atom is 0.220 e. The number of piperidine rings is 1. The van der Waals surface area contributed by atoms with E-state index in [-0.39, 0.29) is 11.8 Å². The molecule has 1 rings (SSSR count). The predicted molar refractivity (Wildman–Crippen MR) is 62.6 cm³/mol. The zero-order chi connectivity index (χ0) is 11.8. The molecule has 1 aliphatic heterocycles. The van der Waals surface area contributed by atoms with Gasteiger partial charge in [0.25, 0.3) is 0 Å². The van der Waals surface area contributed by atoms with Crippen molar-refractivity contribution in [1.29, 1.82) is 5.26 Å². The van der Waals surface area contributed by atoms with E-state index in [4.69, 9.17) is 5.26 Å². The van der Waals surface area contributed by atoms with Gasteiger partial charge in [-0.2, -0.15) is 5.26 Å². The second-order valence-corrected chi connectivity index (χ2v) is 4.57. The second-order valence-electron chi connectivity index (χ2n) is 4.57. The van der Waals surface area contributed by atoms with Crippen molar-refractivity contribution in [2.75, 3.05) is 19.6 Å². The third-order valence-electron chi connectivity index (χ3n) is 3.06. The topological polar surface area (TPSA) is 64.9 Å². The fourth-order valence-electron chi connectivity index (χ4n) is 1.91. The minimum atomic E-state index is -0.0946. The molecule has 1 aliphatic rings. The molecule has 1 amide bonds. The molecule has 1 fully saturated rings. The highest BCUT2D eigenvalue weighted by atomic mass is 16.1. The minimum absolute atomic E-state index is 0.0839. The molecule has 0 aromatic rings. The van der Waals surface area contributed by atoms with Crippen LogP contribution in [0.3, 0.4) is 0 Å². The van der Waals surface area contributed by atoms with Crippen molar-refractivity contribution in [2.24, 2.45) is 11.8 Å². The zero-order valence-electron chi connectivity index (χ0n) is 9.96. The van der Waals surface area contributed by atoms with Gasteiger partial charge in [-0.15, -0.1) is 0 Å². The summed E-state index contributed by atoms with van der Waals surface area (Å²) in [5, 5.41) is 14.7. The highest BCUT2D eigenvalue weighted by Crippen LogP contribution is 2.17. The van der Waals surface area contributed by atoms with E-state index < -0.39 is 0 Å². The van der Waals surface area contributed by atoms with Crippen molar-refractivity contribution < 1.29 is 4.79 Å². The SMILES string of the molecule is CC(C#N)CNC(=O)CCC1CCNCC1. The first-order valence-corrected chi connectivity index (χ1v) is 6.09. The lowest BCUT2D eigenvalue weighted by atomic mass is 9.93. The van der Waals surface area contributed by atoms with Gasteiger partial charge in [-0.05, 0) is 45.2 Å². The highest BCUT2D eigenvalue weighted by molar-refractivity contribution is 5.75. The van der Waals surface area contributed by atoms with E-state index >= 15 is 0 Å². The van der Waals surface area contributed by atoms with Crippen LogP contribution in [0.1, 0.15) is 32.6 Å². The molecule has 90 valence electrons. The smallest absolute Gasteiger partial charge is 0.220 e. The Kier molecular flexibility index (Phi) is 5.87. The molecule has 0 saturated carbocycles. The summed E-state index contributed by atoms with van der Waals surface area (Å²) in [6.45, 7) is 4.45. The molecular weight excluding hydrogens is 202 g/mol. The average molecular weight is 223 g/mol. The molecule has 0 radical (unpaired) electrons. The van der Waals surface area contributed by atoms with Crippen LogP contribution in [0.2, 0.25) is 0 Å². The molecule has 1 heterocycles. The molecule has 0 bridgehead atoms. The van der Waals surface area contributed by atoms with Crippen molar-refractivity contribution in [3.8, 4) is 6.07 Å². The van der Waals surface area contributed by atoms with Crippen LogP contribution < -0.4 is 10.6 Å². The Morgan fingerprint density at radius 2 is 2.25 bits per heavy atom. The predicted octanol–water partition coefficient (Wildman–Crippen LogP) is 1.04. The van der Waals surface area contributed by atoms with E-state index in [1.165, 1.54) is 12.8 Å².